The number of hydrogen-bond acceptors (Lipinski definition) is 3. The first-order valence-corrected chi connectivity index (χ1v) is 10.8. The Morgan fingerprint density at radius 1 is 1.06 bits per heavy atom. The minimum Gasteiger partial charge on any atom is -0.484 e. The fourth-order valence-electron chi connectivity index (χ4n) is 3.44. The molecule has 1 aromatic heterocycles. The summed E-state index contributed by atoms with van der Waals surface area (Å²) in [5.74, 6) is 0.976. The molecule has 3 rings (SSSR count). The van der Waals surface area contributed by atoms with Crippen LogP contribution in [0.3, 0.4) is 0 Å². The molecular formula is C22H24Cl2F3N3O. The van der Waals surface area contributed by atoms with E-state index in [2.05, 4.69) is 23.7 Å². The van der Waals surface area contributed by atoms with Crippen LogP contribution in [-0.2, 0) is 19.3 Å². The van der Waals surface area contributed by atoms with E-state index in [0.717, 1.165) is 38.2 Å². The number of imidazole rings is 1. The zero-order valence-corrected chi connectivity index (χ0v) is 18.9. The predicted molar refractivity (Wildman–Crippen MR) is 118 cm³/mol. The summed E-state index contributed by atoms with van der Waals surface area (Å²) in [6.45, 7) is 7.67. The van der Waals surface area contributed by atoms with Crippen molar-refractivity contribution in [3.05, 3.63) is 57.8 Å². The molecule has 0 saturated carbocycles. The lowest BCUT2D eigenvalue weighted by Gasteiger charge is -2.18. The molecule has 0 N–H and O–H groups in total. The zero-order valence-electron chi connectivity index (χ0n) is 17.3. The molecular weight excluding hydrogens is 450 g/mol. The number of fused-ring (bicyclic) bond motifs is 1. The first-order valence-electron chi connectivity index (χ1n) is 10.1. The minimum absolute atomic E-state index is 0.0721. The van der Waals surface area contributed by atoms with Crippen LogP contribution in [0.5, 0.6) is 5.75 Å². The lowest BCUT2D eigenvalue weighted by atomic mass is 10.2. The quantitative estimate of drug-likeness (QED) is 0.347. The van der Waals surface area contributed by atoms with Gasteiger partial charge in [-0.2, -0.15) is 13.2 Å². The zero-order chi connectivity index (χ0) is 22.6. The highest BCUT2D eigenvalue weighted by atomic mass is 35.5. The van der Waals surface area contributed by atoms with Gasteiger partial charge in [-0.15, -0.1) is 0 Å². The standard InChI is InChI=1S/C22H24Cl2F3N3O/c1-3-29(4-2)10-5-11-30-19-8-6-15(22(25,26)27)12-18(19)28-21(30)14-31-20-9-7-16(23)13-17(20)24/h6-9,12-13H,3-5,10-11,14H2,1-2H3. The normalized spacial score (nSPS) is 12.1. The minimum atomic E-state index is -4.42. The van der Waals surface area contributed by atoms with Crippen LogP contribution in [0.25, 0.3) is 11.0 Å². The highest BCUT2D eigenvalue weighted by molar-refractivity contribution is 6.35. The summed E-state index contributed by atoms with van der Waals surface area (Å²) in [4.78, 5) is 6.74. The summed E-state index contributed by atoms with van der Waals surface area (Å²) in [6, 6.07) is 8.52. The molecule has 0 fully saturated rings. The van der Waals surface area contributed by atoms with Crippen LogP contribution in [0, 0.1) is 0 Å². The molecule has 9 heteroatoms. The van der Waals surface area contributed by atoms with Crippen molar-refractivity contribution in [3.63, 3.8) is 0 Å². The fourth-order valence-corrected chi connectivity index (χ4v) is 3.91. The molecule has 1 heterocycles. The third-order valence-electron chi connectivity index (χ3n) is 5.16. The number of aromatic nitrogens is 2. The number of benzene rings is 2. The molecule has 0 unspecified atom stereocenters. The number of hydrogen-bond donors (Lipinski definition) is 0. The van der Waals surface area contributed by atoms with Crippen LogP contribution >= 0.6 is 23.2 Å². The van der Waals surface area contributed by atoms with Crippen molar-refractivity contribution >= 4 is 34.2 Å². The second kappa shape index (κ2) is 10.1. The predicted octanol–water partition coefficient (Wildman–Crippen LogP) is 6.67. The number of alkyl halides is 3. The molecule has 0 aliphatic carbocycles. The SMILES string of the molecule is CCN(CC)CCCn1c(COc2ccc(Cl)cc2Cl)nc2cc(C(F)(F)F)ccc21. The van der Waals surface area contributed by atoms with Gasteiger partial charge in [0.15, 0.2) is 0 Å². The van der Waals surface area contributed by atoms with Crippen molar-refractivity contribution in [1.29, 1.82) is 0 Å². The van der Waals surface area contributed by atoms with Crippen molar-refractivity contribution in [3.8, 4) is 5.75 Å². The van der Waals surface area contributed by atoms with E-state index in [1.54, 1.807) is 18.2 Å². The van der Waals surface area contributed by atoms with Gasteiger partial charge in [0, 0.05) is 11.6 Å². The maximum atomic E-state index is 13.1. The van der Waals surface area contributed by atoms with Gasteiger partial charge in [0.05, 0.1) is 21.6 Å². The third-order valence-corrected chi connectivity index (χ3v) is 5.69. The Balaban J connectivity index is 1.88. The third kappa shape index (κ3) is 5.84. The summed E-state index contributed by atoms with van der Waals surface area (Å²) in [5.41, 5.74) is 0.216. The smallest absolute Gasteiger partial charge is 0.416 e. The Morgan fingerprint density at radius 2 is 1.81 bits per heavy atom. The molecule has 0 spiro atoms. The molecule has 0 atom stereocenters. The van der Waals surface area contributed by atoms with Crippen LogP contribution in [0.15, 0.2) is 36.4 Å². The van der Waals surface area contributed by atoms with Crippen LogP contribution in [0.4, 0.5) is 13.2 Å². The van der Waals surface area contributed by atoms with Gasteiger partial charge in [0.25, 0.3) is 0 Å². The number of aryl methyl sites for hydroxylation is 1. The van der Waals surface area contributed by atoms with E-state index >= 15 is 0 Å². The maximum absolute atomic E-state index is 13.1. The Hall–Kier alpha value is -1.96. The first-order chi connectivity index (χ1) is 14.7. The fraction of sp³-hybridized carbons (Fsp3) is 0.409. The summed E-state index contributed by atoms with van der Waals surface area (Å²) in [7, 11) is 0. The van der Waals surface area contributed by atoms with Crippen LogP contribution in [0.2, 0.25) is 10.0 Å². The molecule has 0 aliphatic heterocycles. The van der Waals surface area contributed by atoms with Gasteiger partial charge < -0.3 is 14.2 Å². The van der Waals surface area contributed by atoms with Crippen molar-refractivity contribution in [2.75, 3.05) is 19.6 Å². The lowest BCUT2D eigenvalue weighted by Crippen LogP contribution is -2.25. The summed E-state index contributed by atoms with van der Waals surface area (Å²) < 4.78 is 47.2. The molecule has 0 saturated heterocycles. The van der Waals surface area contributed by atoms with Crippen LogP contribution < -0.4 is 4.74 Å². The lowest BCUT2D eigenvalue weighted by molar-refractivity contribution is -0.137. The highest BCUT2D eigenvalue weighted by Crippen LogP contribution is 2.32. The monoisotopic (exact) mass is 473 g/mol. The van der Waals surface area contributed by atoms with Crippen LogP contribution in [-0.4, -0.2) is 34.1 Å². The van der Waals surface area contributed by atoms with Gasteiger partial charge in [-0.25, -0.2) is 4.98 Å². The highest BCUT2D eigenvalue weighted by Gasteiger charge is 2.31. The molecule has 0 bridgehead atoms. The van der Waals surface area contributed by atoms with Gasteiger partial charge in [-0.05, 0) is 62.5 Å². The van der Waals surface area contributed by atoms with Crippen molar-refractivity contribution < 1.29 is 17.9 Å². The van der Waals surface area contributed by atoms with Gasteiger partial charge >= 0.3 is 6.18 Å². The molecule has 0 radical (unpaired) electrons. The van der Waals surface area contributed by atoms with E-state index in [1.807, 2.05) is 4.57 Å². The van der Waals surface area contributed by atoms with Crippen LogP contribution in [0.1, 0.15) is 31.7 Å². The maximum Gasteiger partial charge on any atom is 0.416 e. The Labute approximate surface area is 189 Å². The molecule has 3 aromatic rings. The Kier molecular flexibility index (Phi) is 7.73. The molecule has 2 aromatic carbocycles. The van der Waals surface area contributed by atoms with E-state index in [-0.39, 0.29) is 6.61 Å². The topological polar surface area (TPSA) is 30.3 Å². The van der Waals surface area contributed by atoms with Gasteiger partial charge in [0.2, 0.25) is 0 Å². The van der Waals surface area contributed by atoms with E-state index in [1.165, 1.54) is 6.07 Å². The second-order valence-corrected chi connectivity index (χ2v) is 7.97. The van der Waals surface area contributed by atoms with Crippen molar-refractivity contribution in [2.24, 2.45) is 0 Å². The number of nitrogens with zero attached hydrogens (tertiary/aromatic N) is 3. The summed E-state index contributed by atoms with van der Waals surface area (Å²) >= 11 is 12.1. The van der Waals surface area contributed by atoms with Gasteiger partial charge in [0.1, 0.15) is 18.2 Å². The second-order valence-electron chi connectivity index (χ2n) is 7.12. The van der Waals surface area contributed by atoms with Crippen molar-refractivity contribution in [2.45, 2.75) is 39.6 Å². The number of halogens is 5. The molecule has 0 amide bonds. The first kappa shape index (κ1) is 23.7. The van der Waals surface area contributed by atoms with Crippen molar-refractivity contribution in [1.82, 2.24) is 14.5 Å². The molecule has 31 heavy (non-hydrogen) atoms. The Morgan fingerprint density at radius 3 is 2.45 bits per heavy atom. The Bertz CT molecular complexity index is 1030. The average Bonchev–Trinajstić information content (AvgIpc) is 3.06. The summed E-state index contributed by atoms with van der Waals surface area (Å²) in [5, 5.41) is 0.844. The summed E-state index contributed by atoms with van der Waals surface area (Å²) in [6.07, 6.45) is -3.59. The van der Waals surface area contributed by atoms with E-state index in [4.69, 9.17) is 27.9 Å². The van der Waals surface area contributed by atoms with Gasteiger partial charge in [-0.3, -0.25) is 0 Å². The van der Waals surface area contributed by atoms with E-state index < -0.39 is 11.7 Å². The molecule has 168 valence electrons. The number of ether oxygens (including phenoxy) is 1. The van der Waals surface area contributed by atoms with E-state index in [0.29, 0.717) is 39.2 Å². The molecule has 0 aliphatic rings. The largest absolute Gasteiger partial charge is 0.484 e. The van der Waals surface area contributed by atoms with Gasteiger partial charge in [-0.1, -0.05) is 37.0 Å². The molecule has 4 nitrogen and oxygen atoms in total. The number of rotatable bonds is 9. The van der Waals surface area contributed by atoms with E-state index in [9.17, 15) is 13.2 Å². The average molecular weight is 474 g/mol.